The minimum atomic E-state index is -1.62. The van der Waals surface area contributed by atoms with Crippen LogP contribution >= 0.6 is 0 Å². The minimum absolute atomic E-state index is 0. The number of hydrogen-bond donors (Lipinski definition) is 2. The Bertz CT molecular complexity index is 268. The number of hydrogen-bond acceptors (Lipinski definition) is 2. The Hall–Kier alpha value is -0.463. The fraction of sp³-hybridized carbons (Fsp3) is 0.857. The second kappa shape index (κ2) is 10.3. The molecule has 0 aliphatic carbocycles. The van der Waals surface area contributed by atoms with Crippen LogP contribution in [0.3, 0.4) is 0 Å². The van der Waals surface area contributed by atoms with Gasteiger partial charge in [0.15, 0.2) is 5.41 Å². The number of carbonyl (C=O) groups is 2. The Morgan fingerprint density at radius 1 is 1.00 bits per heavy atom. The van der Waals surface area contributed by atoms with Gasteiger partial charge in [-0.25, -0.2) is 0 Å². The van der Waals surface area contributed by atoms with E-state index in [-0.39, 0.29) is 26.7 Å². The van der Waals surface area contributed by atoms with Gasteiger partial charge in [0.25, 0.3) is 0 Å². The standard InChI is InChI=1S/C14H26O4.Li.H/c1-4-5-6-7-8-9-10-14(11(2)3,12(15)16)13(17)18;;/h11H,4-10H2,1-3H3,(H,15,16)(H,17,18);;/q;+1;-1. The molecule has 0 aromatic heterocycles. The topological polar surface area (TPSA) is 74.6 Å². The van der Waals surface area contributed by atoms with E-state index in [0.717, 1.165) is 19.3 Å². The van der Waals surface area contributed by atoms with Gasteiger partial charge in [-0.15, -0.1) is 0 Å². The van der Waals surface area contributed by atoms with Crippen LogP contribution in [0.1, 0.15) is 67.1 Å². The molecule has 0 aromatic carbocycles. The smallest absolute Gasteiger partial charge is 1.00 e. The summed E-state index contributed by atoms with van der Waals surface area (Å²) in [6.07, 6.45) is 6.36. The van der Waals surface area contributed by atoms with Crippen molar-refractivity contribution < 1.29 is 40.1 Å². The van der Waals surface area contributed by atoms with Crippen molar-refractivity contribution in [1.82, 2.24) is 0 Å². The molecule has 0 heterocycles. The third kappa shape index (κ3) is 6.01. The van der Waals surface area contributed by atoms with Crippen molar-refractivity contribution in [2.75, 3.05) is 0 Å². The Morgan fingerprint density at radius 3 is 1.79 bits per heavy atom. The molecule has 0 rings (SSSR count). The van der Waals surface area contributed by atoms with E-state index in [4.69, 9.17) is 0 Å². The van der Waals surface area contributed by atoms with E-state index in [1.807, 2.05) is 0 Å². The van der Waals surface area contributed by atoms with Crippen LogP contribution in [0.2, 0.25) is 0 Å². The van der Waals surface area contributed by atoms with Gasteiger partial charge in [-0.2, -0.15) is 0 Å². The summed E-state index contributed by atoms with van der Waals surface area (Å²) >= 11 is 0. The molecule has 0 bridgehead atoms. The molecule has 0 saturated heterocycles. The zero-order valence-electron chi connectivity index (χ0n) is 13.7. The molecule has 2 N–H and O–H groups in total. The van der Waals surface area contributed by atoms with Crippen molar-refractivity contribution in [2.24, 2.45) is 11.3 Å². The quantitative estimate of drug-likeness (QED) is 0.346. The number of carboxylic acid groups (broad SMARTS) is 2. The van der Waals surface area contributed by atoms with Gasteiger partial charge in [-0.05, 0) is 12.3 Å². The number of aliphatic carboxylic acids is 2. The van der Waals surface area contributed by atoms with E-state index in [1.165, 1.54) is 12.8 Å². The first kappa shape index (κ1) is 20.8. The van der Waals surface area contributed by atoms with Crippen LogP contribution in [0.15, 0.2) is 0 Å². The molecule has 0 aliphatic rings. The number of carboxylic acids is 2. The van der Waals surface area contributed by atoms with E-state index < -0.39 is 23.3 Å². The molecule has 0 unspecified atom stereocenters. The summed E-state index contributed by atoms with van der Waals surface area (Å²) in [7, 11) is 0. The first-order valence-corrected chi connectivity index (χ1v) is 6.86. The Kier molecular flexibility index (Phi) is 11.3. The van der Waals surface area contributed by atoms with Crippen LogP contribution in [-0.4, -0.2) is 22.2 Å². The van der Waals surface area contributed by atoms with Crippen molar-refractivity contribution in [3.05, 3.63) is 0 Å². The SMILES string of the molecule is CCCCCCCCC(C(=O)O)(C(=O)O)C(C)C.[H-].[Li+]. The van der Waals surface area contributed by atoms with Gasteiger partial charge in [0.1, 0.15) is 0 Å². The van der Waals surface area contributed by atoms with Gasteiger partial charge in [-0.3, -0.25) is 9.59 Å². The molecular weight excluding hydrogens is 239 g/mol. The normalized spacial score (nSPS) is 11.2. The van der Waals surface area contributed by atoms with E-state index in [2.05, 4.69) is 6.92 Å². The molecule has 0 fully saturated rings. The summed E-state index contributed by atoms with van der Waals surface area (Å²) in [6.45, 7) is 5.47. The van der Waals surface area contributed by atoms with Crippen LogP contribution in [0, 0.1) is 11.3 Å². The third-order valence-corrected chi connectivity index (χ3v) is 3.67. The molecule has 4 nitrogen and oxygen atoms in total. The van der Waals surface area contributed by atoms with Crippen molar-refractivity contribution in [3.8, 4) is 0 Å². The van der Waals surface area contributed by atoms with Gasteiger partial charge >= 0.3 is 30.8 Å². The van der Waals surface area contributed by atoms with E-state index >= 15 is 0 Å². The van der Waals surface area contributed by atoms with Crippen molar-refractivity contribution >= 4 is 11.9 Å². The molecule has 0 aromatic rings. The first-order valence-electron chi connectivity index (χ1n) is 6.86. The zero-order chi connectivity index (χ0) is 14.2. The zero-order valence-corrected chi connectivity index (χ0v) is 12.7. The van der Waals surface area contributed by atoms with Gasteiger partial charge in [0, 0.05) is 0 Å². The Labute approximate surface area is 129 Å². The molecule has 0 spiro atoms. The molecule has 0 atom stereocenters. The van der Waals surface area contributed by atoms with Crippen molar-refractivity contribution in [1.29, 1.82) is 0 Å². The largest absolute Gasteiger partial charge is 1.00 e. The number of unbranched alkanes of at least 4 members (excludes halogenated alkanes) is 5. The summed E-state index contributed by atoms with van der Waals surface area (Å²) < 4.78 is 0. The predicted molar refractivity (Wildman–Crippen MR) is 71.6 cm³/mol. The van der Waals surface area contributed by atoms with Gasteiger partial charge in [0.2, 0.25) is 0 Å². The van der Waals surface area contributed by atoms with Gasteiger partial charge in [-0.1, -0.05) is 59.3 Å². The summed E-state index contributed by atoms with van der Waals surface area (Å²) in [6, 6.07) is 0. The van der Waals surface area contributed by atoms with E-state index in [1.54, 1.807) is 13.8 Å². The average molecular weight is 266 g/mol. The fourth-order valence-corrected chi connectivity index (χ4v) is 2.27. The molecule has 0 aliphatic heterocycles. The summed E-state index contributed by atoms with van der Waals surface area (Å²) in [5, 5.41) is 18.4. The van der Waals surface area contributed by atoms with Gasteiger partial charge < -0.3 is 11.6 Å². The first-order chi connectivity index (χ1) is 8.39. The second-order valence-corrected chi connectivity index (χ2v) is 5.25. The van der Waals surface area contributed by atoms with Crippen LogP contribution < -0.4 is 18.9 Å². The maximum absolute atomic E-state index is 11.3. The van der Waals surface area contributed by atoms with Gasteiger partial charge in [0.05, 0.1) is 0 Å². The molecule has 0 saturated carbocycles. The van der Waals surface area contributed by atoms with E-state index in [9.17, 15) is 19.8 Å². The average Bonchev–Trinajstić information content (AvgIpc) is 2.26. The monoisotopic (exact) mass is 266 g/mol. The molecule has 0 amide bonds. The molecule has 5 heteroatoms. The maximum atomic E-state index is 11.3. The third-order valence-electron chi connectivity index (χ3n) is 3.67. The number of rotatable bonds is 10. The van der Waals surface area contributed by atoms with Crippen molar-refractivity contribution in [2.45, 2.75) is 65.7 Å². The molecular formula is C14H27LiO4. The molecule has 0 radical (unpaired) electrons. The van der Waals surface area contributed by atoms with Crippen LogP contribution in [0.5, 0.6) is 0 Å². The van der Waals surface area contributed by atoms with Crippen LogP contribution in [0.25, 0.3) is 0 Å². The molecule has 19 heavy (non-hydrogen) atoms. The molecule has 108 valence electrons. The maximum Gasteiger partial charge on any atom is 1.00 e. The second-order valence-electron chi connectivity index (χ2n) is 5.25. The minimum Gasteiger partial charge on any atom is -1.00 e. The van der Waals surface area contributed by atoms with Crippen LogP contribution in [0.4, 0.5) is 0 Å². The van der Waals surface area contributed by atoms with E-state index in [0.29, 0.717) is 6.42 Å². The summed E-state index contributed by atoms with van der Waals surface area (Å²) in [5.74, 6) is -2.82. The predicted octanol–water partition coefficient (Wildman–Crippen LogP) is 0.665. The Morgan fingerprint density at radius 2 is 1.42 bits per heavy atom. The fourth-order valence-electron chi connectivity index (χ4n) is 2.27. The Balaban J connectivity index is -0.00000144. The van der Waals surface area contributed by atoms with Crippen LogP contribution in [-0.2, 0) is 9.59 Å². The summed E-state index contributed by atoms with van der Waals surface area (Å²) in [4.78, 5) is 22.6. The summed E-state index contributed by atoms with van der Waals surface area (Å²) in [5.41, 5.74) is -1.62. The van der Waals surface area contributed by atoms with Crippen molar-refractivity contribution in [3.63, 3.8) is 0 Å².